The van der Waals surface area contributed by atoms with Crippen LogP contribution in [-0.4, -0.2) is 37.1 Å². The average Bonchev–Trinajstić information content (AvgIpc) is 2.20. The fourth-order valence-corrected chi connectivity index (χ4v) is 3.32. The Morgan fingerprint density at radius 2 is 2.00 bits per heavy atom. The Labute approximate surface area is 94.4 Å². The lowest BCUT2D eigenvalue weighted by molar-refractivity contribution is -0.00594. The van der Waals surface area contributed by atoms with Crippen LogP contribution in [0.3, 0.4) is 0 Å². The molecule has 1 saturated heterocycles. The number of nitrogens with zero attached hydrogens (tertiary/aromatic N) is 1. The second kappa shape index (κ2) is 4.84. The Balaban J connectivity index is 1.91. The lowest BCUT2D eigenvalue weighted by Crippen LogP contribution is -2.56. The van der Waals surface area contributed by atoms with Crippen molar-refractivity contribution >= 4 is 0 Å². The van der Waals surface area contributed by atoms with Crippen LogP contribution in [-0.2, 0) is 0 Å². The Kier molecular flexibility index (Phi) is 3.68. The molecule has 2 aliphatic rings. The van der Waals surface area contributed by atoms with Gasteiger partial charge in [0.05, 0.1) is 0 Å². The van der Waals surface area contributed by atoms with E-state index in [0.717, 1.165) is 23.9 Å². The summed E-state index contributed by atoms with van der Waals surface area (Å²) >= 11 is 0. The predicted molar refractivity (Wildman–Crippen MR) is 65.0 cm³/mol. The molecular formula is C13H26N2. The van der Waals surface area contributed by atoms with E-state index in [9.17, 15) is 0 Å². The molecule has 0 radical (unpaired) electrons. The number of likely N-dealkylation sites (tertiary alicyclic amines) is 1. The van der Waals surface area contributed by atoms with E-state index < -0.39 is 0 Å². The second-order valence-corrected chi connectivity index (χ2v) is 5.56. The molecular weight excluding hydrogens is 184 g/mol. The molecule has 1 aliphatic heterocycles. The third-order valence-corrected chi connectivity index (χ3v) is 4.69. The molecule has 0 spiro atoms. The summed E-state index contributed by atoms with van der Waals surface area (Å²) in [6.07, 6.45) is 5.71. The summed E-state index contributed by atoms with van der Waals surface area (Å²) in [6.45, 7) is 7.40. The minimum Gasteiger partial charge on any atom is -0.319 e. The standard InChI is InChI=1S/C13H26N2/c1-10-5-4-8-15(11(10)2)13-7-6-12(13)9-14-3/h10-14H,4-9H2,1-3H3. The summed E-state index contributed by atoms with van der Waals surface area (Å²) < 4.78 is 0. The molecule has 0 aromatic heterocycles. The van der Waals surface area contributed by atoms with Crippen molar-refractivity contribution < 1.29 is 0 Å². The lowest BCUT2D eigenvalue weighted by atomic mass is 9.76. The maximum absolute atomic E-state index is 3.34. The van der Waals surface area contributed by atoms with Gasteiger partial charge in [0, 0.05) is 12.1 Å². The first-order valence-corrected chi connectivity index (χ1v) is 6.64. The average molecular weight is 210 g/mol. The first-order valence-electron chi connectivity index (χ1n) is 6.64. The van der Waals surface area contributed by atoms with Crippen LogP contribution >= 0.6 is 0 Å². The van der Waals surface area contributed by atoms with E-state index in [0.29, 0.717) is 0 Å². The van der Waals surface area contributed by atoms with Gasteiger partial charge in [-0.25, -0.2) is 0 Å². The van der Waals surface area contributed by atoms with Crippen LogP contribution in [0.4, 0.5) is 0 Å². The van der Waals surface area contributed by atoms with Gasteiger partial charge in [0.2, 0.25) is 0 Å². The summed E-state index contributed by atoms with van der Waals surface area (Å²) in [7, 11) is 2.08. The van der Waals surface area contributed by atoms with Crippen molar-refractivity contribution in [3.05, 3.63) is 0 Å². The quantitative estimate of drug-likeness (QED) is 0.767. The van der Waals surface area contributed by atoms with Gasteiger partial charge in [-0.05, 0) is 64.6 Å². The molecule has 2 nitrogen and oxygen atoms in total. The third kappa shape index (κ3) is 2.21. The van der Waals surface area contributed by atoms with Crippen molar-refractivity contribution in [1.29, 1.82) is 0 Å². The molecule has 2 fully saturated rings. The molecule has 1 saturated carbocycles. The molecule has 1 heterocycles. The molecule has 2 rings (SSSR count). The number of nitrogens with one attached hydrogen (secondary N) is 1. The zero-order valence-electron chi connectivity index (χ0n) is 10.5. The van der Waals surface area contributed by atoms with Crippen molar-refractivity contribution in [2.24, 2.45) is 11.8 Å². The normalized spacial score (nSPS) is 42.6. The first-order chi connectivity index (χ1) is 7.24. The van der Waals surface area contributed by atoms with Gasteiger partial charge in [0.25, 0.3) is 0 Å². The van der Waals surface area contributed by atoms with Crippen molar-refractivity contribution in [3.63, 3.8) is 0 Å². The lowest BCUT2D eigenvalue weighted by Gasteiger charge is -2.50. The number of hydrogen-bond donors (Lipinski definition) is 1. The van der Waals surface area contributed by atoms with Gasteiger partial charge in [-0.1, -0.05) is 6.92 Å². The van der Waals surface area contributed by atoms with Crippen molar-refractivity contribution in [1.82, 2.24) is 10.2 Å². The van der Waals surface area contributed by atoms with E-state index in [1.165, 1.54) is 38.8 Å². The summed E-state index contributed by atoms with van der Waals surface area (Å²) in [5.74, 6) is 1.82. The highest BCUT2D eigenvalue weighted by molar-refractivity contribution is 4.94. The number of hydrogen-bond acceptors (Lipinski definition) is 2. The third-order valence-electron chi connectivity index (χ3n) is 4.69. The van der Waals surface area contributed by atoms with Crippen LogP contribution in [0.2, 0.25) is 0 Å². The Morgan fingerprint density at radius 1 is 1.20 bits per heavy atom. The van der Waals surface area contributed by atoms with E-state index in [4.69, 9.17) is 0 Å². The highest BCUT2D eigenvalue weighted by Crippen LogP contribution is 2.36. The van der Waals surface area contributed by atoms with Gasteiger partial charge in [0.15, 0.2) is 0 Å². The largest absolute Gasteiger partial charge is 0.319 e. The van der Waals surface area contributed by atoms with Crippen molar-refractivity contribution in [2.75, 3.05) is 20.1 Å². The molecule has 4 atom stereocenters. The number of rotatable bonds is 3. The smallest absolute Gasteiger partial charge is 0.0139 e. The summed E-state index contributed by atoms with van der Waals surface area (Å²) in [5.41, 5.74) is 0. The van der Waals surface area contributed by atoms with Gasteiger partial charge >= 0.3 is 0 Å². The molecule has 0 bridgehead atoms. The molecule has 88 valence electrons. The molecule has 15 heavy (non-hydrogen) atoms. The van der Waals surface area contributed by atoms with Gasteiger partial charge in [-0.2, -0.15) is 0 Å². The van der Waals surface area contributed by atoms with E-state index in [2.05, 4.69) is 31.1 Å². The molecule has 1 aliphatic carbocycles. The summed E-state index contributed by atoms with van der Waals surface area (Å²) in [6, 6.07) is 1.69. The Hall–Kier alpha value is -0.0800. The first kappa shape index (κ1) is 11.4. The highest BCUT2D eigenvalue weighted by Gasteiger charge is 2.39. The molecule has 0 amide bonds. The Bertz CT molecular complexity index is 205. The van der Waals surface area contributed by atoms with Gasteiger partial charge in [-0.15, -0.1) is 0 Å². The SMILES string of the molecule is CNCC1CCC1N1CCCC(C)C1C. The van der Waals surface area contributed by atoms with Crippen LogP contribution in [0, 0.1) is 11.8 Å². The van der Waals surface area contributed by atoms with Gasteiger partial charge in [0.1, 0.15) is 0 Å². The second-order valence-electron chi connectivity index (χ2n) is 5.56. The summed E-state index contributed by atoms with van der Waals surface area (Å²) in [5, 5.41) is 3.34. The zero-order chi connectivity index (χ0) is 10.8. The van der Waals surface area contributed by atoms with Crippen LogP contribution in [0.1, 0.15) is 39.5 Å². The molecule has 1 N–H and O–H groups in total. The molecule has 0 aromatic carbocycles. The van der Waals surface area contributed by atoms with Gasteiger partial charge in [-0.3, -0.25) is 4.90 Å². The minimum atomic E-state index is 0.809. The van der Waals surface area contributed by atoms with Crippen molar-refractivity contribution in [3.8, 4) is 0 Å². The van der Waals surface area contributed by atoms with Crippen LogP contribution in [0.5, 0.6) is 0 Å². The monoisotopic (exact) mass is 210 g/mol. The fourth-order valence-electron chi connectivity index (χ4n) is 3.32. The van der Waals surface area contributed by atoms with Crippen LogP contribution < -0.4 is 5.32 Å². The molecule has 2 heteroatoms. The Morgan fingerprint density at radius 3 is 2.60 bits per heavy atom. The maximum atomic E-state index is 3.34. The minimum absolute atomic E-state index is 0.809. The number of piperidine rings is 1. The molecule has 4 unspecified atom stereocenters. The topological polar surface area (TPSA) is 15.3 Å². The van der Waals surface area contributed by atoms with Crippen molar-refractivity contribution in [2.45, 2.75) is 51.6 Å². The van der Waals surface area contributed by atoms with Crippen LogP contribution in [0.25, 0.3) is 0 Å². The molecule has 0 aromatic rings. The predicted octanol–water partition coefficient (Wildman–Crippen LogP) is 2.10. The van der Waals surface area contributed by atoms with E-state index in [1.807, 2.05) is 0 Å². The fraction of sp³-hybridized carbons (Fsp3) is 1.00. The maximum Gasteiger partial charge on any atom is 0.0139 e. The summed E-state index contributed by atoms with van der Waals surface area (Å²) in [4.78, 5) is 2.79. The highest BCUT2D eigenvalue weighted by atomic mass is 15.2. The van der Waals surface area contributed by atoms with E-state index >= 15 is 0 Å². The van der Waals surface area contributed by atoms with E-state index in [1.54, 1.807) is 0 Å². The zero-order valence-corrected chi connectivity index (χ0v) is 10.5. The van der Waals surface area contributed by atoms with E-state index in [-0.39, 0.29) is 0 Å². The van der Waals surface area contributed by atoms with Gasteiger partial charge < -0.3 is 5.32 Å². The van der Waals surface area contributed by atoms with Crippen LogP contribution in [0.15, 0.2) is 0 Å².